The van der Waals surface area contributed by atoms with Gasteiger partial charge in [0.2, 0.25) is 0 Å². The first-order valence-electron chi connectivity index (χ1n) is 9.02. The molecule has 2 atom stereocenters. The molecule has 2 aromatic carbocycles. The van der Waals surface area contributed by atoms with Gasteiger partial charge < -0.3 is 5.11 Å². The Morgan fingerprint density at radius 3 is 2.76 bits per heavy atom. The number of likely N-dealkylation sites (tertiary alicyclic amines) is 1. The number of hydrogen-bond acceptors (Lipinski definition) is 3. The van der Waals surface area contributed by atoms with Crippen molar-refractivity contribution in [3.63, 3.8) is 0 Å². The van der Waals surface area contributed by atoms with Crippen LogP contribution in [0.3, 0.4) is 0 Å². The topological polar surface area (TPSA) is 26.7 Å². The molecule has 1 aliphatic rings. The summed E-state index contributed by atoms with van der Waals surface area (Å²) >= 11 is 3.57. The molecule has 25 heavy (non-hydrogen) atoms. The molecule has 1 saturated heterocycles. The van der Waals surface area contributed by atoms with Crippen molar-refractivity contribution in [2.45, 2.75) is 31.5 Å². The average Bonchev–Trinajstić information content (AvgIpc) is 3.03. The van der Waals surface area contributed by atoms with E-state index in [9.17, 15) is 5.11 Å². The molecule has 1 aliphatic heterocycles. The molecule has 2 unspecified atom stereocenters. The average molecular weight is 403 g/mol. The molecule has 1 N–H and O–H groups in total. The first-order chi connectivity index (χ1) is 12.1. The van der Waals surface area contributed by atoms with Crippen molar-refractivity contribution in [3.8, 4) is 0 Å². The van der Waals surface area contributed by atoms with E-state index in [2.05, 4.69) is 81.3 Å². The van der Waals surface area contributed by atoms with Crippen molar-refractivity contribution in [1.29, 1.82) is 0 Å². The first kappa shape index (κ1) is 18.6. The third-order valence-corrected chi connectivity index (χ3v) is 5.35. The van der Waals surface area contributed by atoms with Crippen LogP contribution in [0.1, 0.15) is 30.0 Å². The van der Waals surface area contributed by atoms with E-state index in [1.165, 1.54) is 24.0 Å². The van der Waals surface area contributed by atoms with Gasteiger partial charge in [-0.2, -0.15) is 0 Å². The molecule has 0 saturated carbocycles. The van der Waals surface area contributed by atoms with Crippen LogP contribution in [0.5, 0.6) is 0 Å². The maximum absolute atomic E-state index is 10.6. The second-order valence-electron chi connectivity index (χ2n) is 7.04. The maximum Gasteiger partial charge on any atom is 0.0794 e. The van der Waals surface area contributed by atoms with Gasteiger partial charge in [-0.25, -0.2) is 0 Å². The predicted molar refractivity (Wildman–Crippen MR) is 106 cm³/mol. The molecule has 134 valence electrons. The van der Waals surface area contributed by atoms with Crippen LogP contribution >= 0.6 is 15.9 Å². The number of aliphatic hydroxyl groups is 1. The van der Waals surface area contributed by atoms with Crippen molar-refractivity contribution in [3.05, 3.63) is 70.2 Å². The van der Waals surface area contributed by atoms with E-state index in [1.54, 1.807) is 0 Å². The van der Waals surface area contributed by atoms with Crippen molar-refractivity contribution < 1.29 is 5.11 Å². The van der Waals surface area contributed by atoms with Crippen LogP contribution in [0.15, 0.2) is 59.1 Å². The summed E-state index contributed by atoms with van der Waals surface area (Å²) in [6.45, 7) is 3.36. The minimum Gasteiger partial charge on any atom is -0.390 e. The van der Waals surface area contributed by atoms with Gasteiger partial charge in [-0.1, -0.05) is 58.4 Å². The van der Waals surface area contributed by atoms with Crippen molar-refractivity contribution in [2.75, 3.05) is 26.7 Å². The van der Waals surface area contributed by atoms with E-state index in [0.717, 1.165) is 24.1 Å². The van der Waals surface area contributed by atoms with Gasteiger partial charge in [0.05, 0.1) is 6.10 Å². The van der Waals surface area contributed by atoms with E-state index < -0.39 is 0 Å². The minimum absolute atomic E-state index is 0.332. The standard InChI is InChI=1S/C21H27BrN2O/c1-23(14-17-7-3-2-4-8-17)15-20(25)16-24-12-6-11-21(24)18-9-5-10-19(22)13-18/h2-5,7-10,13,20-21,25H,6,11-12,14-16H2,1H3. The largest absolute Gasteiger partial charge is 0.390 e. The van der Waals surface area contributed by atoms with Gasteiger partial charge in [0.15, 0.2) is 0 Å². The number of rotatable bonds is 7. The lowest BCUT2D eigenvalue weighted by Crippen LogP contribution is -2.38. The lowest BCUT2D eigenvalue weighted by molar-refractivity contribution is 0.0750. The summed E-state index contributed by atoms with van der Waals surface area (Å²) in [6, 6.07) is 19.4. The molecule has 4 heteroatoms. The lowest BCUT2D eigenvalue weighted by atomic mass is 10.0. The number of hydrogen-bond donors (Lipinski definition) is 1. The van der Waals surface area contributed by atoms with E-state index in [0.29, 0.717) is 12.6 Å². The summed E-state index contributed by atoms with van der Waals surface area (Å²) in [7, 11) is 2.08. The van der Waals surface area contributed by atoms with Crippen LogP contribution in [-0.2, 0) is 6.54 Å². The molecule has 2 aromatic rings. The lowest BCUT2D eigenvalue weighted by Gasteiger charge is -2.29. The fraction of sp³-hybridized carbons (Fsp3) is 0.429. The van der Waals surface area contributed by atoms with Gasteiger partial charge in [-0.3, -0.25) is 9.80 Å². The second kappa shape index (κ2) is 8.95. The number of nitrogens with zero attached hydrogens (tertiary/aromatic N) is 2. The molecule has 3 nitrogen and oxygen atoms in total. The summed E-state index contributed by atoms with van der Waals surface area (Å²) in [5, 5.41) is 10.6. The minimum atomic E-state index is -0.332. The highest BCUT2D eigenvalue weighted by Crippen LogP contribution is 2.33. The Hall–Kier alpha value is -1.20. The van der Waals surface area contributed by atoms with Gasteiger partial charge >= 0.3 is 0 Å². The van der Waals surface area contributed by atoms with Crippen molar-refractivity contribution in [2.24, 2.45) is 0 Å². The number of likely N-dealkylation sites (N-methyl/N-ethyl adjacent to an activating group) is 1. The number of halogens is 1. The molecule has 0 aliphatic carbocycles. The van der Waals surface area contributed by atoms with E-state index >= 15 is 0 Å². The van der Waals surface area contributed by atoms with Gasteiger partial charge in [0.25, 0.3) is 0 Å². The van der Waals surface area contributed by atoms with Crippen molar-refractivity contribution in [1.82, 2.24) is 9.80 Å². The molecule has 0 spiro atoms. The first-order valence-corrected chi connectivity index (χ1v) is 9.81. The summed E-state index contributed by atoms with van der Waals surface area (Å²) in [6.07, 6.45) is 2.04. The smallest absolute Gasteiger partial charge is 0.0794 e. The zero-order valence-electron chi connectivity index (χ0n) is 14.8. The third kappa shape index (κ3) is 5.38. The van der Waals surface area contributed by atoms with Crippen LogP contribution < -0.4 is 0 Å². The molecule has 1 fully saturated rings. The summed E-state index contributed by atoms with van der Waals surface area (Å²) in [4.78, 5) is 4.63. The monoisotopic (exact) mass is 402 g/mol. The number of β-amino-alcohol motifs (C(OH)–C–C–N with tert-alkyl or cyclic N) is 1. The Balaban J connectivity index is 1.53. The fourth-order valence-electron chi connectivity index (χ4n) is 3.78. The SMILES string of the molecule is CN(Cc1ccccc1)CC(O)CN1CCCC1c1cccc(Br)c1. The molecule has 1 heterocycles. The summed E-state index contributed by atoms with van der Waals surface area (Å²) < 4.78 is 1.12. The van der Waals surface area contributed by atoms with Crippen LogP contribution in [0.25, 0.3) is 0 Å². The Bertz CT molecular complexity index is 664. The number of benzene rings is 2. The molecule has 0 aromatic heterocycles. The molecular formula is C21H27BrN2O. The van der Waals surface area contributed by atoms with Crippen LogP contribution in [0.2, 0.25) is 0 Å². The Labute approximate surface area is 159 Å². The fourth-order valence-corrected chi connectivity index (χ4v) is 4.20. The van der Waals surface area contributed by atoms with Crippen LogP contribution in [0, 0.1) is 0 Å². The van der Waals surface area contributed by atoms with Gasteiger partial charge in [0.1, 0.15) is 0 Å². The van der Waals surface area contributed by atoms with Crippen LogP contribution in [0.4, 0.5) is 0 Å². The highest BCUT2D eigenvalue weighted by atomic mass is 79.9. The van der Waals surface area contributed by atoms with E-state index in [-0.39, 0.29) is 6.10 Å². The summed E-state index contributed by atoms with van der Waals surface area (Å²) in [5.74, 6) is 0. The van der Waals surface area contributed by atoms with Crippen molar-refractivity contribution >= 4 is 15.9 Å². The van der Waals surface area contributed by atoms with Gasteiger partial charge in [0, 0.05) is 30.1 Å². The molecule has 0 bridgehead atoms. The molecule has 0 radical (unpaired) electrons. The molecular weight excluding hydrogens is 376 g/mol. The normalized spacial score (nSPS) is 19.4. The predicted octanol–water partition coefficient (Wildman–Crippen LogP) is 4.08. The summed E-state index contributed by atoms with van der Waals surface area (Å²) in [5.41, 5.74) is 2.63. The Morgan fingerprint density at radius 2 is 2.00 bits per heavy atom. The Kier molecular flexibility index (Phi) is 6.65. The highest BCUT2D eigenvalue weighted by molar-refractivity contribution is 9.10. The zero-order chi connectivity index (χ0) is 17.6. The second-order valence-corrected chi connectivity index (χ2v) is 7.96. The van der Waals surface area contributed by atoms with Gasteiger partial charge in [-0.05, 0) is 49.7 Å². The van der Waals surface area contributed by atoms with Crippen LogP contribution in [-0.4, -0.2) is 47.7 Å². The quantitative estimate of drug-likeness (QED) is 0.755. The van der Waals surface area contributed by atoms with E-state index in [4.69, 9.17) is 0 Å². The zero-order valence-corrected chi connectivity index (χ0v) is 16.4. The van der Waals surface area contributed by atoms with Gasteiger partial charge in [-0.15, -0.1) is 0 Å². The highest BCUT2D eigenvalue weighted by Gasteiger charge is 2.27. The number of aliphatic hydroxyl groups excluding tert-OH is 1. The Morgan fingerprint density at radius 1 is 1.20 bits per heavy atom. The maximum atomic E-state index is 10.6. The third-order valence-electron chi connectivity index (χ3n) is 4.86. The van der Waals surface area contributed by atoms with E-state index in [1.807, 2.05) is 6.07 Å². The molecule has 3 rings (SSSR count). The molecule has 0 amide bonds.